The summed E-state index contributed by atoms with van der Waals surface area (Å²) in [7, 11) is 0. The Morgan fingerprint density at radius 1 is 0.609 bits per heavy atom. The van der Waals surface area contributed by atoms with Crippen LogP contribution >= 0.6 is 0 Å². The molecule has 4 heteroatoms. The highest BCUT2D eigenvalue weighted by molar-refractivity contribution is 5.36. The number of isocyanates is 2. The predicted molar refractivity (Wildman–Crippen MR) is 95.0 cm³/mol. The second kappa shape index (κ2) is 18.8. The van der Waals surface area contributed by atoms with Crippen molar-refractivity contribution < 1.29 is 9.59 Å². The van der Waals surface area contributed by atoms with Gasteiger partial charge in [0.1, 0.15) is 0 Å². The molecule has 4 nitrogen and oxygen atoms in total. The zero-order chi connectivity index (χ0) is 17.0. The highest BCUT2D eigenvalue weighted by Crippen LogP contribution is 2.14. The molecule has 0 radical (unpaired) electrons. The average Bonchev–Trinajstić information content (AvgIpc) is 2.55. The Bertz CT molecular complexity index is 327. The van der Waals surface area contributed by atoms with Crippen LogP contribution < -0.4 is 0 Å². The number of hydrogen-bond donors (Lipinski definition) is 0. The summed E-state index contributed by atoms with van der Waals surface area (Å²) in [6.45, 7) is 2.26. The Balaban J connectivity index is 3.24. The summed E-state index contributed by atoms with van der Waals surface area (Å²) in [6, 6.07) is 0. The molecular formula is C19H34N2O2. The number of nitrogens with zero attached hydrogens (tertiary/aromatic N) is 2. The smallest absolute Gasteiger partial charge is 0.211 e. The van der Waals surface area contributed by atoms with Crippen molar-refractivity contribution in [2.24, 2.45) is 9.98 Å². The minimum absolute atomic E-state index is 0.567. The molecule has 0 aliphatic carbocycles. The Kier molecular flexibility index (Phi) is 17.8. The lowest BCUT2D eigenvalue weighted by molar-refractivity contribution is 0.511. The quantitative estimate of drug-likeness (QED) is 0.191. The number of carbonyl (C=O) groups excluding carboxylic acids is 2. The molecule has 0 heterocycles. The summed E-state index contributed by atoms with van der Waals surface area (Å²) in [6.07, 6.45) is 21.3. The second-order valence-corrected chi connectivity index (χ2v) is 6.31. The lowest BCUT2D eigenvalue weighted by Crippen LogP contribution is -1.99. The monoisotopic (exact) mass is 322 g/mol. The minimum atomic E-state index is -0.567. The van der Waals surface area contributed by atoms with Gasteiger partial charge < -0.3 is 0 Å². The van der Waals surface area contributed by atoms with Crippen molar-refractivity contribution >= 4 is 12.2 Å². The van der Waals surface area contributed by atoms with E-state index in [1.807, 2.05) is 0 Å². The molecule has 0 atom stereocenters. The molecule has 0 spiro atoms. The Morgan fingerprint density at radius 3 is 1.30 bits per heavy atom. The highest BCUT2D eigenvalue weighted by Gasteiger charge is 2.03. The molecule has 23 heavy (non-hydrogen) atoms. The van der Waals surface area contributed by atoms with Crippen LogP contribution in [0.3, 0.4) is 0 Å². The topological polar surface area (TPSA) is 58.9 Å². The van der Waals surface area contributed by atoms with Gasteiger partial charge in [0.05, 0.1) is 0 Å². The van der Waals surface area contributed by atoms with E-state index in [4.69, 9.17) is 0 Å². The van der Waals surface area contributed by atoms with Gasteiger partial charge in [0.2, 0.25) is 12.2 Å². The molecule has 0 bridgehead atoms. The van der Waals surface area contributed by atoms with Gasteiger partial charge in [-0.25, -0.2) is 9.59 Å². The highest BCUT2D eigenvalue weighted by atomic mass is 16.1. The fraction of sp³-hybridized carbons (Fsp3) is 0.895. The van der Waals surface area contributed by atoms with Crippen molar-refractivity contribution in [3.63, 3.8) is 0 Å². The third-order valence-corrected chi connectivity index (χ3v) is 4.22. The molecule has 0 fully saturated rings. The van der Waals surface area contributed by atoms with E-state index in [0.29, 0.717) is 6.42 Å². The van der Waals surface area contributed by atoms with Crippen LogP contribution in [0.5, 0.6) is 0 Å². The molecule has 0 amide bonds. The van der Waals surface area contributed by atoms with Gasteiger partial charge in [-0.3, -0.25) is 0 Å². The molecule has 0 aromatic heterocycles. The normalized spacial score (nSPS) is 11.5. The van der Waals surface area contributed by atoms with E-state index < -0.39 is 6.17 Å². The molecule has 0 unspecified atom stereocenters. The van der Waals surface area contributed by atoms with E-state index in [2.05, 4.69) is 16.9 Å². The van der Waals surface area contributed by atoms with Crippen LogP contribution in [0.2, 0.25) is 0 Å². The van der Waals surface area contributed by atoms with Crippen LogP contribution in [0, 0.1) is 0 Å². The predicted octanol–water partition coefficient (Wildman–Crippen LogP) is 5.86. The maximum absolute atomic E-state index is 10.2. The summed E-state index contributed by atoms with van der Waals surface area (Å²) in [5.74, 6) is 0. The fourth-order valence-corrected chi connectivity index (χ4v) is 2.80. The van der Waals surface area contributed by atoms with Crippen LogP contribution in [0.4, 0.5) is 0 Å². The van der Waals surface area contributed by atoms with Gasteiger partial charge in [-0.2, -0.15) is 9.98 Å². The summed E-state index contributed by atoms with van der Waals surface area (Å²) >= 11 is 0. The molecule has 0 aromatic carbocycles. The van der Waals surface area contributed by atoms with Gasteiger partial charge in [0.15, 0.2) is 6.17 Å². The molecule has 0 rings (SSSR count). The second-order valence-electron chi connectivity index (χ2n) is 6.31. The van der Waals surface area contributed by atoms with E-state index >= 15 is 0 Å². The average molecular weight is 322 g/mol. The SMILES string of the molecule is CCCCCCCCCCCCCCCCC(N=C=O)N=C=O. The van der Waals surface area contributed by atoms with Crippen LogP contribution in [0.25, 0.3) is 0 Å². The Labute approximate surface area is 141 Å². The molecule has 0 aliphatic heterocycles. The van der Waals surface area contributed by atoms with Crippen LogP contribution in [0.1, 0.15) is 103 Å². The zero-order valence-corrected chi connectivity index (χ0v) is 14.9. The fourth-order valence-electron chi connectivity index (χ4n) is 2.80. The minimum Gasteiger partial charge on any atom is -0.211 e. The van der Waals surface area contributed by atoms with Crippen molar-refractivity contribution in [3.8, 4) is 0 Å². The third-order valence-electron chi connectivity index (χ3n) is 4.22. The summed E-state index contributed by atoms with van der Waals surface area (Å²) in [4.78, 5) is 27.3. The summed E-state index contributed by atoms with van der Waals surface area (Å²) in [5, 5.41) is 0. The van der Waals surface area contributed by atoms with Crippen molar-refractivity contribution in [1.82, 2.24) is 0 Å². The van der Waals surface area contributed by atoms with E-state index in [1.165, 1.54) is 89.2 Å². The van der Waals surface area contributed by atoms with Crippen LogP contribution in [-0.4, -0.2) is 18.3 Å². The maximum atomic E-state index is 10.2. The lowest BCUT2D eigenvalue weighted by atomic mass is 10.0. The number of hydrogen-bond acceptors (Lipinski definition) is 4. The van der Waals surface area contributed by atoms with Gasteiger partial charge >= 0.3 is 0 Å². The molecule has 132 valence electrons. The molecule has 0 N–H and O–H groups in total. The van der Waals surface area contributed by atoms with Gasteiger partial charge in [-0.05, 0) is 12.8 Å². The maximum Gasteiger partial charge on any atom is 0.237 e. The van der Waals surface area contributed by atoms with E-state index in [-0.39, 0.29) is 0 Å². The molecule has 0 saturated carbocycles. The van der Waals surface area contributed by atoms with Gasteiger partial charge in [-0.15, -0.1) is 0 Å². The first-order chi connectivity index (χ1) is 11.3. The first-order valence-corrected chi connectivity index (χ1v) is 9.49. The first-order valence-electron chi connectivity index (χ1n) is 9.49. The van der Waals surface area contributed by atoms with Gasteiger partial charge in [0, 0.05) is 0 Å². The van der Waals surface area contributed by atoms with Crippen molar-refractivity contribution in [2.75, 3.05) is 0 Å². The third kappa shape index (κ3) is 17.0. The Morgan fingerprint density at radius 2 is 0.957 bits per heavy atom. The van der Waals surface area contributed by atoms with Crippen LogP contribution in [-0.2, 0) is 9.59 Å². The number of unbranched alkanes of at least 4 members (excludes halogenated alkanes) is 13. The molecule has 0 aliphatic rings. The summed E-state index contributed by atoms with van der Waals surface area (Å²) in [5.41, 5.74) is 0. The molecule has 0 saturated heterocycles. The van der Waals surface area contributed by atoms with E-state index in [0.717, 1.165) is 12.8 Å². The van der Waals surface area contributed by atoms with Crippen molar-refractivity contribution in [3.05, 3.63) is 0 Å². The van der Waals surface area contributed by atoms with Crippen LogP contribution in [0.15, 0.2) is 9.98 Å². The largest absolute Gasteiger partial charge is 0.237 e. The van der Waals surface area contributed by atoms with Gasteiger partial charge in [-0.1, -0.05) is 90.4 Å². The number of rotatable bonds is 17. The molecule has 0 aromatic rings. The zero-order valence-electron chi connectivity index (χ0n) is 14.9. The van der Waals surface area contributed by atoms with Crippen molar-refractivity contribution in [1.29, 1.82) is 0 Å². The standard InChI is InChI=1S/C19H34N2O2/c1-2-3-4-5-6-7-8-9-10-11-12-13-14-15-16-19(20-17-22)21-18-23/h19H,2-16H2,1H3. The lowest BCUT2D eigenvalue weighted by Gasteiger charge is -2.04. The van der Waals surface area contributed by atoms with Crippen molar-refractivity contribution in [2.45, 2.75) is 109 Å². The van der Waals surface area contributed by atoms with E-state index in [1.54, 1.807) is 0 Å². The Hall–Kier alpha value is -1.24. The van der Waals surface area contributed by atoms with Gasteiger partial charge in [0.25, 0.3) is 0 Å². The summed E-state index contributed by atoms with van der Waals surface area (Å²) < 4.78 is 0. The first kappa shape index (κ1) is 21.8. The van der Waals surface area contributed by atoms with E-state index in [9.17, 15) is 9.59 Å². The molecular weight excluding hydrogens is 288 g/mol. The number of aliphatic imine (C=N–C) groups is 2.